The minimum absolute atomic E-state index is 0.0430. The smallest absolute Gasteiger partial charge is 0.181 e. The highest BCUT2D eigenvalue weighted by atomic mass is 16.2. The van der Waals surface area contributed by atoms with Gasteiger partial charge in [-0.3, -0.25) is 19.2 Å². The third-order valence-corrected chi connectivity index (χ3v) is 3.62. The van der Waals surface area contributed by atoms with E-state index in [0.29, 0.717) is 0 Å². The summed E-state index contributed by atoms with van der Waals surface area (Å²) in [6.07, 6.45) is 0.487. The van der Waals surface area contributed by atoms with Crippen LogP contribution in [0.2, 0.25) is 0 Å². The molecule has 0 aromatic heterocycles. The molecule has 0 aliphatic heterocycles. The van der Waals surface area contributed by atoms with Crippen LogP contribution in [-0.2, 0) is 9.59 Å². The lowest BCUT2D eigenvalue weighted by Crippen LogP contribution is -2.17. The summed E-state index contributed by atoms with van der Waals surface area (Å²) in [5.41, 5.74) is -0.172. The molecule has 0 spiro atoms. The van der Waals surface area contributed by atoms with Crippen molar-refractivity contribution in [3.05, 3.63) is 34.4 Å². The van der Waals surface area contributed by atoms with Crippen molar-refractivity contribution in [2.75, 3.05) is 0 Å². The summed E-state index contributed by atoms with van der Waals surface area (Å²) in [6.45, 7) is 4.00. The Morgan fingerprint density at radius 1 is 0.636 bits per heavy atom. The van der Waals surface area contributed by atoms with Gasteiger partial charge in [-0.2, -0.15) is 0 Å². The highest BCUT2D eigenvalue weighted by Crippen LogP contribution is 2.33. The highest BCUT2D eigenvalue weighted by molar-refractivity contribution is 6.37. The number of hydrogen-bond acceptors (Lipinski definition) is 6. The van der Waals surface area contributed by atoms with Crippen molar-refractivity contribution < 1.29 is 28.8 Å². The van der Waals surface area contributed by atoms with Gasteiger partial charge >= 0.3 is 0 Å². The zero-order valence-electron chi connectivity index (χ0n) is 11.9. The van der Waals surface area contributed by atoms with Crippen LogP contribution in [0, 0.1) is 11.8 Å². The molecule has 0 saturated heterocycles. The van der Waals surface area contributed by atoms with Crippen LogP contribution in [-0.4, -0.2) is 35.7 Å². The fourth-order valence-electron chi connectivity index (χ4n) is 2.57. The second-order valence-corrected chi connectivity index (χ2v) is 4.63. The Morgan fingerprint density at radius 2 is 0.864 bits per heavy atom. The molecule has 2 aliphatic rings. The van der Waals surface area contributed by atoms with E-state index in [1.165, 1.54) is 0 Å². The maximum absolute atomic E-state index is 11.9. The molecule has 3 rings (SSSR count). The van der Waals surface area contributed by atoms with Gasteiger partial charge < -0.3 is 9.59 Å². The van der Waals surface area contributed by atoms with Gasteiger partial charge in [0.15, 0.2) is 23.1 Å². The van der Waals surface area contributed by atoms with E-state index < -0.39 is 35.0 Å². The molecule has 112 valence electrons. The highest BCUT2D eigenvalue weighted by Gasteiger charge is 2.44. The van der Waals surface area contributed by atoms with Crippen LogP contribution in [0.1, 0.15) is 55.3 Å². The van der Waals surface area contributed by atoms with E-state index in [4.69, 9.17) is 0 Å². The van der Waals surface area contributed by atoms with Gasteiger partial charge in [-0.1, -0.05) is 13.8 Å². The summed E-state index contributed by atoms with van der Waals surface area (Å²) in [6, 6.07) is 2.27. The minimum atomic E-state index is -1.40. The van der Waals surface area contributed by atoms with Crippen LogP contribution in [0.3, 0.4) is 0 Å². The van der Waals surface area contributed by atoms with E-state index in [2.05, 4.69) is 0 Å². The molecule has 6 heteroatoms. The van der Waals surface area contributed by atoms with Gasteiger partial charge in [0.25, 0.3) is 0 Å². The van der Waals surface area contributed by atoms with Gasteiger partial charge in [0.2, 0.25) is 0 Å². The fraction of sp³-hybridized carbons (Fsp3) is 0.250. The second-order valence-electron chi connectivity index (χ2n) is 4.63. The minimum Gasteiger partial charge on any atom is -0.302 e. The Kier molecular flexibility index (Phi) is 3.95. The Bertz CT molecular complexity index is 629. The molecule has 1 aromatic carbocycles. The Morgan fingerprint density at radius 3 is 1.05 bits per heavy atom. The fourth-order valence-corrected chi connectivity index (χ4v) is 2.57. The molecule has 0 amide bonds. The molecule has 0 heterocycles. The number of carbonyl (C=O) groups is 6. The molecule has 0 radical (unpaired) electrons. The van der Waals surface area contributed by atoms with Crippen molar-refractivity contribution in [1.82, 2.24) is 0 Å². The van der Waals surface area contributed by atoms with Crippen LogP contribution in [0.5, 0.6) is 0 Å². The van der Waals surface area contributed by atoms with Crippen LogP contribution < -0.4 is 0 Å². The van der Waals surface area contributed by atoms with Crippen molar-refractivity contribution in [2.24, 2.45) is 11.8 Å². The number of aldehydes is 2. The predicted molar refractivity (Wildman–Crippen MR) is 74.2 cm³/mol. The van der Waals surface area contributed by atoms with E-state index in [1.807, 2.05) is 13.8 Å². The predicted octanol–water partition coefficient (Wildman–Crippen LogP) is 1.10. The molecule has 0 unspecified atom stereocenters. The van der Waals surface area contributed by atoms with Crippen molar-refractivity contribution in [3.63, 3.8) is 0 Å². The standard InChI is InChI=1S/C14H6O6.C2H6/c15-3-9-11(17)5-1-6-8(2-7(5)13(9)19)14(20)10(4-16)12(6)18;1-2/h1-4,9-10H;1-2H3. The molecule has 0 saturated carbocycles. The molecule has 2 aliphatic carbocycles. The van der Waals surface area contributed by atoms with E-state index in [9.17, 15) is 28.8 Å². The molecule has 1 aromatic rings. The monoisotopic (exact) mass is 300 g/mol. The summed E-state index contributed by atoms with van der Waals surface area (Å²) >= 11 is 0. The third-order valence-electron chi connectivity index (χ3n) is 3.62. The molecule has 0 atom stereocenters. The first-order chi connectivity index (χ1) is 10.5. The van der Waals surface area contributed by atoms with Gasteiger partial charge in [-0.05, 0) is 12.1 Å². The first kappa shape index (κ1) is 15.6. The molecule has 0 bridgehead atoms. The topological polar surface area (TPSA) is 102 Å². The lowest BCUT2D eigenvalue weighted by atomic mass is 10.0. The summed E-state index contributed by atoms with van der Waals surface area (Å²) in [5.74, 6) is -5.54. The zero-order valence-corrected chi connectivity index (χ0v) is 11.9. The van der Waals surface area contributed by atoms with Crippen molar-refractivity contribution in [1.29, 1.82) is 0 Å². The molecule has 0 fully saturated rings. The van der Waals surface area contributed by atoms with E-state index >= 15 is 0 Å². The first-order valence-corrected chi connectivity index (χ1v) is 6.76. The largest absolute Gasteiger partial charge is 0.302 e. The Labute approximate surface area is 125 Å². The van der Waals surface area contributed by atoms with E-state index in [-0.39, 0.29) is 34.8 Å². The van der Waals surface area contributed by atoms with E-state index in [0.717, 1.165) is 12.1 Å². The maximum Gasteiger partial charge on any atom is 0.181 e. The van der Waals surface area contributed by atoms with Crippen LogP contribution in [0.25, 0.3) is 0 Å². The zero-order chi connectivity index (χ0) is 16.6. The lowest BCUT2D eigenvalue weighted by molar-refractivity contribution is -0.109. The summed E-state index contributed by atoms with van der Waals surface area (Å²) in [7, 11) is 0. The van der Waals surface area contributed by atoms with Crippen molar-refractivity contribution >= 4 is 35.7 Å². The van der Waals surface area contributed by atoms with Gasteiger partial charge in [-0.25, -0.2) is 0 Å². The van der Waals surface area contributed by atoms with Crippen LogP contribution >= 0.6 is 0 Å². The lowest BCUT2D eigenvalue weighted by Gasteiger charge is -2.00. The average Bonchev–Trinajstić information content (AvgIpc) is 2.92. The normalized spacial score (nSPS) is 17.0. The summed E-state index contributed by atoms with van der Waals surface area (Å²) in [5, 5.41) is 0. The van der Waals surface area contributed by atoms with Gasteiger partial charge in [0.1, 0.15) is 24.4 Å². The number of fused-ring (bicyclic) bond motifs is 2. The molecule has 0 N–H and O–H groups in total. The Hall–Kier alpha value is -2.76. The van der Waals surface area contributed by atoms with Crippen LogP contribution in [0.15, 0.2) is 12.1 Å². The van der Waals surface area contributed by atoms with Gasteiger partial charge in [-0.15, -0.1) is 0 Å². The SMILES string of the molecule is CC.O=CC1C(=O)c2cc3c(cc2C1=O)C(=O)C(C=O)C3=O. The number of carbonyl (C=O) groups excluding carboxylic acids is 6. The number of hydrogen-bond donors (Lipinski definition) is 0. The number of rotatable bonds is 2. The molecular weight excluding hydrogens is 288 g/mol. The van der Waals surface area contributed by atoms with Crippen molar-refractivity contribution in [3.8, 4) is 0 Å². The molecule has 6 nitrogen and oxygen atoms in total. The van der Waals surface area contributed by atoms with Crippen molar-refractivity contribution in [2.45, 2.75) is 13.8 Å². The average molecular weight is 300 g/mol. The first-order valence-electron chi connectivity index (χ1n) is 6.76. The molecular formula is C16H12O6. The second kappa shape index (κ2) is 5.55. The quantitative estimate of drug-likeness (QED) is 0.598. The van der Waals surface area contributed by atoms with Gasteiger partial charge in [0.05, 0.1) is 0 Å². The van der Waals surface area contributed by atoms with Crippen LogP contribution in [0.4, 0.5) is 0 Å². The van der Waals surface area contributed by atoms with Gasteiger partial charge in [0, 0.05) is 22.3 Å². The number of Topliss-reactive ketones (excluding diaryl/α,β-unsaturated/α-hetero) is 4. The third kappa shape index (κ3) is 1.88. The van der Waals surface area contributed by atoms with E-state index in [1.54, 1.807) is 0 Å². The summed E-state index contributed by atoms with van der Waals surface area (Å²) in [4.78, 5) is 68.9. The summed E-state index contributed by atoms with van der Waals surface area (Å²) < 4.78 is 0. The number of ketones is 4. The molecule has 22 heavy (non-hydrogen) atoms. The Balaban J connectivity index is 0.000000847. The maximum atomic E-state index is 11.9. The number of benzene rings is 1.